The van der Waals surface area contributed by atoms with Crippen LogP contribution in [0.1, 0.15) is 24.5 Å². The normalized spacial score (nSPS) is 10.8. The maximum absolute atomic E-state index is 9.41. The summed E-state index contributed by atoms with van der Waals surface area (Å²) in [6.07, 6.45) is 4.98. The van der Waals surface area contributed by atoms with Crippen LogP contribution in [0.15, 0.2) is 24.3 Å². The van der Waals surface area contributed by atoms with Crippen LogP contribution in [-0.2, 0) is 0 Å². The number of phenolic OH excluding ortho intramolecular Hbond substituents is 1. The van der Waals surface area contributed by atoms with Crippen molar-refractivity contribution in [1.82, 2.24) is 0 Å². The van der Waals surface area contributed by atoms with Crippen molar-refractivity contribution in [3.63, 3.8) is 0 Å². The quantitative estimate of drug-likeness (QED) is 0.708. The van der Waals surface area contributed by atoms with E-state index in [2.05, 4.69) is 6.92 Å². The molecule has 0 radical (unpaired) electrons. The maximum Gasteiger partial charge on any atom is 0.122 e. The van der Waals surface area contributed by atoms with E-state index >= 15 is 0 Å². The third-order valence-corrected chi connectivity index (χ3v) is 1.72. The average Bonchev–Trinajstić information content (AvgIpc) is 2.07. The fraction of sp³-hybridized carbons (Fsp3) is 0.273. The van der Waals surface area contributed by atoms with Crippen LogP contribution < -0.4 is 0 Å². The molecular weight excluding hydrogens is 148 g/mol. The topological polar surface area (TPSA) is 20.2 Å². The third kappa shape index (κ3) is 2.12. The first kappa shape index (κ1) is 8.85. The van der Waals surface area contributed by atoms with E-state index in [9.17, 15) is 5.11 Å². The van der Waals surface area contributed by atoms with Gasteiger partial charge in [0.25, 0.3) is 0 Å². The number of aromatic hydroxyl groups is 1. The summed E-state index contributed by atoms with van der Waals surface area (Å²) in [6, 6.07) is 5.60. The van der Waals surface area contributed by atoms with Crippen LogP contribution in [0.5, 0.6) is 5.75 Å². The Morgan fingerprint density at radius 3 is 2.83 bits per heavy atom. The molecule has 1 N–H and O–H groups in total. The molecule has 0 fully saturated rings. The van der Waals surface area contributed by atoms with Crippen molar-refractivity contribution in [3.8, 4) is 5.75 Å². The van der Waals surface area contributed by atoms with Crippen LogP contribution >= 0.6 is 0 Å². The van der Waals surface area contributed by atoms with Crippen molar-refractivity contribution in [1.29, 1.82) is 0 Å². The summed E-state index contributed by atoms with van der Waals surface area (Å²) in [5.74, 6) is 0.352. The molecule has 0 aromatic heterocycles. The molecule has 1 aromatic rings. The van der Waals surface area contributed by atoms with E-state index < -0.39 is 0 Å². The zero-order valence-electron chi connectivity index (χ0n) is 7.54. The molecule has 0 aliphatic rings. The average molecular weight is 162 g/mol. The minimum absolute atomic E-state index is 0.352. The first-order valence-corrected chi connectivity index (χ1v) is 4.20. The summed E-state index contributed by atoms with van der Waals surface area (Å²) >= 11 is 0. The molecule has 0 aliphatic carbocycles. The lowest BCUT2D eigenvalue weighted by molar-refractivity contribution is 0.474. The van der Waals surface area contributed by atoms with E-state index in [1.165, 1.54) is 5.56 Å². The van der Waals surface area contributed by atoms with Crippen molar-refractivity contribution in [2.45, 2.75) is 20.3 Å². The molecule has 1 heteroatoms. The first-order valence-electron chi connectivity index (χ1n) is 4.20. The van der Waals surface area contributed by atoms with E-state index in [1.54, 1.807) is 6.07 Å². The second-order valence-corrected chi connectivity index (χ2v) is 2.87. The van der Waals surface area contributed by atoms with Crippen LogP contribution in [0.4, 0.5) is 0 Å². The minimum atomic E-state index is 0.352. The highest BCUT2D eigenvalue weighted by atomic mass is 16.3. The van der Waals surface area contributed by atoms with Crippen molar-refractivity contribution in [2.75, 3.05) is 0 Å². The highest BCUT2D eigenvalue weighted by Gasteiger charge is 1.95. The highest BCUT2D eigenvalue weighted by molar-refractivity contribution is 5.57. The molecule has 0 atom stereocenters. The smallest absolute Gasteiger partial charge is 0.122 e. The Balaban J connectivity index is 2.97. The fourth-order valence-corrected chi connectivity index (χ4v) is 1.05. The van der Waals surface area contributed by atoms with Gasteiger partial charge in [-0.05, 0) is 25.5 Å². The fourth-order valence-electron chi connectivity index (χ4n) is 1.05. The number of aryl methyl sites for hydroxylation is 1. The monoisotopic (exact) mass is 162 g/mol. The summed E-state index contributed by atoms with van der Waals surface area (Å²) in [4.78, 5) is 0. The largest absolute Gasteiger partial charge is 0.507 e. The van der Waals surface area contributed by atoms with Crippen molar-refractivity contribution in [3.05, 3.63) is 35.4 Å². The zero-order valence-corrected chi connectivity index (χ0v) is 7.54. The molecule has 1 rings (SSSR count). The van der Waals surface area contributed by atoms with Gasteiger partial charge in [0, 0.05) is 5.56 Å². The van der Waals surface area contributed by atoms with Gasteiger partial charge in [-0.1, -0.05) is 30.7 Å². The van der Waals surface area contributed by atoms with Gasteiger partial charge in [0.15, 0.2) is 0 Å². The Morgan fingerprint density at radius 1 is 1.42 bits per heavy atom. The Hall–Kier alpha value is -1.24. The SMILES string of the molecule is CC/C=C\c1cc(C)ccc1O. The van der Waals surface area contributed by atoms with Crippen molar-refractivity contribution >= 4 is 6.08 Å². The van der Waals surface area contributed by atoms with Crippen LogP contribution in [0.25, 0.3) is 6.08 Å². The van der Waals surface area contributed by atoms with E-state index in [4.69, 9.17) is 0 Å². The highest BCUT2D eigenvalue weighted by Crippen LogP contribution is 2.19. The predicted molar refractivity (Wildman–Crippen MR) is 52.2 cm³/mol. The predicted octanol–water partition coefficient (Wildman–Crippen LogP) is 3.12. The van der Waals surface area contributed by atoms with E-state index in [0.717, 1.165) is 12.0 Å². The summed E-state index contributed by atoms with van der Waals surface area (Å²) in [5.41, 5.74) is 2.07. The number of hydrogen-bond acceptors (Lipinski definition) is 1. The molecule has 64 valence electrons. The van der Waals surface area contributed by atoms with Crippen LogP contribution in [0, 0.1) is 6.92 Å². The third-order valence-electron chi connectivity index (χ3n) is 1.72. The molecule has 0 unspecified atom stereocenters. The van der Waals surface area contributed by atoms with Gasteiger partial charge in [0.1, 0.15) is 5.75 Å². The summed E-state index contributed by atoms with van der Waals surface area (Å²) in [6.45, 7) is 4.09. The molecular formula is C11H14O. The molecule has 1 nitrogen and oxygen atoms in total. The van der Waals surface area contributed by atoms with Crippen molar-refractivity contribution < 1.29 is 5.11 Å². The van der Waals surface area contributed by atoms with Crippen LogP contribution in [0.2, 0.25) is 0 Å². The lowest BCUT2D eigenvalue weighted by Crippen LogP contribution is -1.77. The Bertz CT molecular complexity index is 287. The van der Waals surface area contributed by atoms with Gasteiger partial charge in [0.2, 0.25) is 0 Å². The van der Waals surface area contributed by atoms with E-state index in [0.29, 0.717) is 5.75 Å². The maximum atomic E-state index is 9.41. The summed E-state index contributed by atoms with van der Waals surface area (Å²) in [5, 5.41) is 9.41. The summed E-state index contributed by atoms with van der Waals surface area (Å²) < 4.78 is 0. The van der Waals surface area contributed by atoms with Crippen molar-refractivity contribution in [2.24, 2.45) is 0 Å². The van der Waals surface area contributed by atoms with Gasteiger partial charge in [-0.15, -0.1) is 0 Å². The number of phenols is 1. The Morgan fingerprint density at radius 2 is 2.17 bits per heavy atom. The molecule has 0 bridgehead atoms. The van der Waals surface area contributed by atoms with Gasteiger partial charge in [0.05, 0.1) is 0 Å². The molecule has 0 saturated heterocycles. The number of rotatable bonds is 2. The lowest BCUT2D eigenvalue weighted by atomic mass is 10.1. The van der Waals surface area contributed by atoms with Gasteiger partial charge in [-0.2, -0.15) is 0 Å². The molecule has 1 aromatic carbocycles. The molecule has 0 aliphatic heterocycles. The van der Waals surface area contributed by atoms with Gasteiger partial charge in [-0.3, -0.25) is 0 Å². The zero-order chi connectivity index (χ0) is 8.97. The van der Waals surface area contributed by atoms with E-state index in [1.807, 2.05) is 31.2 Å². The van der Waals surface area contributed by atoms with Gasteiger partial charge in [-0.25, -0.2) is 0 Å². The molecule has 0 spiro atoms. The Kier molecular flexibility index (Phi) is 2.92. The second kappa shape index (κ2) is 3.96. The molecule has 12 heavy (non-hydrogen) atoms. The lowest BCUT2D eigenvalue weighted by Gasteiger charge is -1.99. The second-order valence-electron chi connectivity index (χ2n) is 2.87. The molecule has 0 heterocycles. The summed E-state index contributed by atoms with van der Waals surface area (Å²) in [7, 11) is 0. The number of hydrogen-bond donors (Lipinski definition) is 1. The first-order chi connectivity index (χ1) is 5.74. The molecule has 0 amide bonds. The van der Waals surface area contributed by atoms with Gasteiger partial charge < -0.3 is 5.11 Å². The molecule has 0 saturated carbocycles. The van der Waals surface area contributed by atoms with Crippen LogP contribution in [0.3, 0.4) is 0 Å². The minimum Gasteiger partial charge on any atom is -0.507 e. The Labute approximate surface area is 73.4 Å². The van der Waals surface area contributed by atoms with Crippen LogP contribution in [-0.4, -0.2) is 5.11 Å². The number of benzene rings is 1. The standard InChI is InChI=1S/C11H14O/c1-3-4-5-10-8-9(2)6-7-11(10)12/h4-8,12H,3H2,1-2H3/b5-4-. The van der Waals surface area contributed by atoms with Gasteiger partial charge >= 0.3 is 0 Å². The number of allylic oxidation sites excluding steroid dienone is 1. The van der Waals surface area contributed by atoms with E-state index in [-0.39, 0.29) is 0 Å².